The largest absolute Gasteiger partial charge is 0.481 e. The minimum atomic E-state index is -1.66. The fourth-order valence-corrected chi connectivity index (χ4v) is 5.11. The molecule has 0 saturated carbocycles. The lowest BCUT2D eigenvalue weighted by atomic mass is 9.98. The van der Waals surface area contributed by atoms with Gasteiger partial charge in [0, 0.05) is 5.92 Å². The number of hydrogen-bond donors (Lipinski definition) is 5. The Labute approximate surface area is 245 Å². The molecule has 42 heavy (non-hydrogen) atoms. The van der Waals surface area contributed by atoms with Crippen LogP contribution < -0.4 is 16.0 Å². The molecule has 1 aliphatic carbocycles. The molecule has 1 aliphatic rings. The molecule has 5 N–H and O–H groups in total. The quantitative estimate of drug-likeness (QED) is 0.226. The Bertz CT molecular complexity index is 1260. The van der Waals surface area contributed by atoms with Crippen molar-refractivity contribution < 1.29 is 38.9 Å². The van der Waals surface area contributed by atoms with Gasteiger partial charge in [-0.3, -0.25) is 14.4 Å². The van der Waals surface area contributed by atoms with E-state index >= 15 is 0 Å². The van der Waals surface area contributed by atoms with Gasteiger partial charge in [-0.2, -0.15) is 0 Å². The summed E-state index contributed by atoms with van der Waals surface area (Å²) in [5.74, 6) is -4.58. The zero-order chi connectivity index (χ0) is 31.0. The molecule has 0 radical (unpaired) electrons. The molecule has 2 aromatic rings. The number of aliphatic carboxylic acids is 2. The molecule has 0 heterocycles. The van der Waals surface area contributed by atoms with Gasteiger partial charge >= 0.3 is 18.0 Å². The van der Waals surface area contributed by atoms with Crippen molar-refractivity contribution in [3.8, 4) is 11.1 Å². The van der Waals surface area contributed by atoms with Gasteiger partial charge < -0.3 is 30.9 Å². The highest BCUT2D eigenvalue weighted by atomic mass is 16.5. The maximum atomic E-state index is 13.3. The van der Waals surface area contributed by atoms with Crippen LogP contribution in [0.5, 0.6) is 0 Å². The number of hydrogen-bond acceptors (Lipinski definition) is 6. The number of amides is 3. The second kappa shape index (κ2) is 14.5. The van der Waals surface area contributed by atoms with Crippen molar-refractivity contribution in [1.82, 2.24) is 16.0 Å². The SMILES string of the molecule is CC(C)CC(NC(=O)OCC1c2ccccc2-c2ccccc21)C(=O)NC(CC(C)C)C(=O)NC(CC(=O)O)C(=O)O. The summed E-state index contributed by atoms with van der Waals surface area (Å²) in [6.45, 7) is 7.45. The highest BCUT2D eigenvalue weighted by molar-refractivity contribution is 5.93. The smallest absolute Gasteiger partial charge is 0.407 e. The van der Waals surface area contributed by atoms with Crippen molar-refractivity contribution in [2.45, 2.75) is 71.0 Å². The first-order valence-electron chi connectivity index (χ1n) is 14.0. The Morgan fingerprint density at radius 3 is 1.62 bits per heavy atom. The highest BCUT2D eigenvalue weighted by Gasteiger charge is 2.33. The molecule has 11 nitrogen and oxygen atoms in total. The van der Waals surface area contributed by atoms with Crippen LogP contribution in [0, 0.1) is 11.8 Å². The van der Waals surface area contributed by atoms with Gasteiger partial charge in [0.15, 0.2) is 0 Å². The monoisotopic (exact) mass is 581 g/mol. The zero-order valence-electron chi connectivity index (χ0n) is 24.3. The summed E-state index contributed by atoms with van der Waals surface area (Å²) in [5, 5.41) is 25.7. The van der Waals surface area contributed by atoms with Gasteiger partial charge in [-0.05, 0) is 46.9 Å². The number of alkyl carbamates (subject to hydrolysis) is 1. The summed E-state index contributed by atoms with van der Waals surface area (Å²) in [6.07, 6.45) is -1.18. The second-order valence-corrected chi connectivity index (χ2v) is 11.3. The van der Waals surface area contributed by atoms with Gasteiger partial charge in [0.1, 0.15) is 24.7 Å². The van der Waals surface area contributed by atoms with Gasteiger partial charge in [0.2, 0.25) is 11.8 Å². The fourth-order valence-electron chi connectivity index (χ4n) is 5.11. The van der Waals surface area contributed by atoms with Crippen molar-refractivity contribution in [3.63, 3.8) is 0 Å². The number of nitrogens with one attached hydrogen (secondary N) is 3. The van der Waals surface area contributed by atoms with Crippen LogP contribution in [-0.4, -0.2) is 64.8 Å². The summed E-state index contributed by atoms with van der Waals surface area (Å²) >= 11 is 0. The van der Waals surface area contributed by atoms with Crippen LogP contribution in [0.2, 0.25) is 0 Å². The standard InChI is InChI=1S/C31H39N3O8/c1-17(2)13-24(28(37)33-26(30(39)40)15-27(35)36)32-29(38)25(14-18(3)4)34-31(41)42-16-23-21-11-7-5-9-19(21)20-10-6-8-12-22(20)23/h5-12,17-18,23-26H,13-16H2,1-4H3,(H,32,38)(H,33,37)(H,34,41)(H,35,36)(H,39,40). The van der Waals surface area contributed by atoms with Gasteiger partial charge in [0.25, 0.3) is 0 Å². The molecule has 0 bridgehead atoms. The number of carbonyl (C=O) groups excluding carboxylic acids is 3. The molecule has 2 aromatic carbocycles. The minimum absolute atomic E-state index is 0.000955. The molecule has 0 fully saturated rings. The average Bonchev–Trinajstić information content (AvgIpc) is 3.23. The van der Waals surface area contributed by atoms with Gasteiger partial charge in [-0.15, -0.1) is 0 Å². The van der Waals surface area contributed by atoms with Crippen LogP contribution in [0.15, 0.2) is 48.5 Å². The first-order chi connectivity index (χ1) is 19.9. The van der Waals surface area contributed by atoms with E-state index in [1.165, 1.54) is 0 Å². The maximum absolute atomic E-state index is 13.3. The highest BCUT2D eigenvalue weighted by Crippen LogP contribution is 2.44. The third-order valence-electron chi connectivity index (χ3n) is 6.99. The van der Waals surface area contributed by atoms with Crippen LogP contribution in [0.1, 0.15) is 64.0 Å². The number of carbonyl (C=O) groups is 5. The Hall–Kier alpha value is -4.41. The Morgan fingerprint density at radius 1 is 0.714 bits per heavy atom. The van der Waals surface area contributed by atoms with Crippen LogP contribution in [0.3, 0.4) is 0 Å². The molecule has 3 rings (SSSR count). The van der Waals surface area contributed by atoms with Gasteiger partial charge in [-0.25, -0.2) is 9.59 Å². The van der Waals surface area contributed by atoms with Crippen LogP contribution in [0.25, 0.3) is 11.1 Å². The number of rotatable bonds is 14. The van der Waals surface area contributed by atoms with Crippen molar-refractivity contribution in [2.75, 3.05) is 6.61 Å². The number of carboxylic acid groups (broad SMARTS) is 2. The average molecular weight is 582 g/mol. The number of ether oxygens (including phenoxy) is 1. The minimum Gasteiger partial charge on any atom is -0.481 e. The van der Waals surface area contributed by atoms with E-state index in [-0.39, 0.29) is 37.2 Å². The Morgan fingerprint density at radius 2 is 1.17 bits per heavy atom. The lowest BCUT2D eigenvalue weighted by molar-refractivity contribution is -0.147. The third kappa shape index (κ3) is 8.55. The number of carboxylic acids is 2. The number of benzene rings is 2. The van der Waals surface area contributed by atoms with E-state index in [1.54, 1.807) is 0 Å². The van der Waals surface area contributed by atoms with E-state index < -0.39 is 54.4 Å². The summed E-state index contributed by atoms with van der Waals surface area (Å²) in [6, 6.07) is 12.0. The lowest BCUT2D eigenvalue weighted by Crippen LogP contribution is -2.56. The molecular weight excluding hydrogens is 542 g/mol. The van der Waals surface area contributed by atoms with E-state index in [0.717, 1.165) is 22.3 Å². The van der Waals surface area contributed by atoms with E-state index in [2.05, 4.69) is 16.0 Å². The van der Waals surface area contributed by atoms with Crippen molar-refractivity contribution in [2.24, 2.45) is 11.8 Å². The summed E-state index contributed by atoms with van der Waals surface area (Å²) < 4.78 is 5.60. The first-order valence-corrected chi connectivity index (χ1v) is 14.0. The molecule has 3 atom stereocenters. The fraction of sp³-hybridized carbons (Fsp3) is 0.452. The van der Waals surface area contributed by atoms with Gasteiger partial charge in [0.05, 0.1) is 6.42 Å². The number of fused-ring (bicyclic) bond motifs is 3. The van der Waals surface area contributed by atoms with Gasteiger partial charge in [-0.1, -0.05) is 76.2 Å². The molecule has 226 valence electrons. The van der Waals surface area contributed by atoms with Crippen molar-refractivity contribution in [3.05, 3.63) is 59.7 Å². The predicted molar refractivity (Wildman–Crippen MR) is 155 cm³/mol. The second-order valence-electron chi connectivity index (χ2n) is 11.3. The van der Waals surface area contributed by atoms with Crippen LogP contribution in [0.4, 0.5) is 4.79 Å². The molecule has 3 unspecified atom stereocenters. The topological polar surface area (TPSA) is 171 Å². The summed E-state index contributed by atoms with van der Waals surface area (Å²) in [5.41, 5.74) is 4.27. The third-order valence-corrected chi connectivity index (χ3v) is 6.99. The molecule has 3 amide bonds. The molecule has 0 spiro atoms. The maximum Gasteiger partial charge on any atom is 0.407 e. The van der Waals surface area contributed by atoms with E-state index in [4.69, 9.17) is 9.84 Å². The van der Waals surface area contributed by atoms with E-state index in [1.807, 2.05) is 76.2 Å². The zero-order valence-corrected chi connectivity index (χ0v) is 24.3. The van der Waals surface area contributed by atoms with Crippen molar-refractivity contribution in [1.29, 1.82) is 0 Å². The normalized spacial score (nSPS) is 14.3. The molecule has 0 saturated heterocycles. The van der Waals surface area contributed by atoms with E-state index in [9.17, 15) is 29.1 Å². The molecule has 0 aromatic heterocycles. The summed E-state index contributed by atoms with van der Waals surface area (Å²) in [4.78, 5) is 61.7. The van der Waals surface area contributed by atoms with Crippen molar-refractivity contribution >= 4 is 29.8 Å². The Kier molecular flexibility index (Phi) is 11.1. The van der Waals surface area contributed by atoms with E-state index in [0.29, 0.717) is 0 Å². The molecule has 0 aliphatic heterocycles. The van der Waals surface area contributed by atoms with Crippen LogP contribution in [-0.2, 0) is 23.9 Å². The molecule has 11 heteroatoms. The predicted octanol–water partition coefficient (Wildman–Crippen LogP) is 3.51. The van der Waals surface area contributed by atoms with Crippen LogP contribution >= 0.6 is 0 Å². The lowest BCUT2D eigenvalue weighted by Gasteiger charge is -2.26. The summed E-state index contributed by atoms with van der Waals surface area (Å²) in [7, 11) is 0. The Balaban J connectivity index is 1.69. The molecular formula is C31H39N3O8. The first kappa shape index (κ1) is 32.1.